The average Bonchev–Trinajstić information content (AvgIpc) is 2.08. The molecule has 0 unspecified atom stereocenters. The first-order chi connectivity index (χ1) is 6.91. The zero-order valence-corrected chi connectivity index (χ0v) is 9.06. The van der Waals surface area contributed by atoms with Crippen LogP contribution in [-0.2, 0) is 0 Å². The molecule has 1 nitrogen and oxygen atoms in total. The van der Waals surface area contributed by atoms with Gasteiger partial charge in [0.15, 0.2) is 0 Å². The Hall–Kier alpha value is -0.255. The zero-order valence-electron chi connectivity index (χ0n) is 9.06. The Bertz CT molecular complexity index is 105. The van der Waals surface area contributed by atoms with Gasteiger partial charge in [-0.15, -0.1) is 0 Å². The number of hydrogen-bond donors (Lipinski definition) is 1. The summed E-state index contributed by atoms with van der Waals surface area (Å²) in [4.78, 5) is 0. The molecule has 0 atom stereocenters. The fourth-order valence-corrected chi connectivity index (χ4v) is 1.02. The summed E-state index contributed by atoms with van der Waals surface area (Å²) in [6, 6.07) is 0. The molecule has 0 aliphatic heterocycles. The van der Waals surface area contributed by atoms with Crippen LogP contribution in [0.2, 0.25) is 0 Å². The zero-order chi connectivity index (χ0) is 12.2. The largest absolute Gasteiger partial charge is 0.673 e. The fraction of sp³-hybridized carbons (Fsp3) is 0.889. The molecular formula is C9H19BF4O-. The molecule has 6 heteroatoms. The predicted octanol–water partition coefficient (Wildman–Crippen LogP) is 4.57. The van der Waals surface area contributed by atoms with Crippen molar-refractivity contribution in [2.45, 2.75) is 51.9 Å². The Morgan fingerprint density at radius 1 is 0.933 bits per heavy atom. The van der Waals surface area contributed by atoms with Crippen LogP contribution in [0.4, 0.5) is 17.3 Å². The number of halogens is 4. The Morgan fingerprint density at radius 2 is 1.33 bits per heavy atom. The van der Waals surface area contributed by atoms with E-state index in [0.717, 1.165) is 12.8 Å². The van der Waals surface area contributed by atoms with Crippen LogP contribution in [-0.4, -0.2) is 12.4 Å². The molecule has 0 fully saturated rings. The molecule has 0 aliphatic rings. The van der Waals surface area contributed by atoms with Gasteiger partial charge in [-0.3, -0.25) is 0 Å². The second kappa shape index (κ2) is 11.8. The maximum Gasteiger partial charge on any atom is 0.673 e. The van der Waals surface area contributed by atoms with Gasteiger partial charge in [0.1, 0.15) is 0 Å². The summed E-state index contributed by atoms with van der Waals surface area (Å²) in [7, 11) is -6.00. The third-order valence-corrected chi connectivity index (χ3v) is 1.69. The van der Waals surface area contributed by atoms with Gasteiger partial charge >= 0.3 is 7.25 Å². The molecule has 1 radical (unpaired) electrons. The summed E-state index contributed by atoms with van der Waals surface area (Å²) in [6.45, 7) is 3.49. The number of hydrogen-bond acceptors (Lipinski definition) is 1. The molecular weight excluding hydrogens is 211 g/mol. The first kappa shape index (κ1) is 17.1. The van der Waals surface area contributed by atoms with Crippen LogP contribution in [0, 0.1) is 6.61 Å². The van der Waals surface area contributed by atoms with Gasteiger partial charge in [-0.05, 0) is 6.42 Å². The number of rotatable bonds is 7. The van der Waals surface area contributed by atoms with Gasteiger partial charge in [0.05, 0.1) is 6.61 Å². The maximum absolute atomic E-state index is 9.75. The highest BCUT2D eigenvalue weighted by Crippen LogP contribution is 2.07. The molecule has 0 aromatic rings. The first-order valence-electron chi connectivity index (χ1n) is 5.25. The summed E-state index contributed by atoms with van der Waals surface area (Å²) < 4.78 is 39.0. The second-order valence-corrected chi connectivity index (χ2v) is 3.23. The van der Waals surface area contributed by atoms with Crippen LogP contribution in [0.5, 0.6) is 0 Å². The topological polar surface area (TPSA) is 20.2 Å². The standard InChI is InChI=1S/C9H19O.BF4/c1-2-3-4-5-6-7-8-9-10;2-1(3,4)5/h9-10H,2-8H2,1H3;/q;-1. The number of aliphatic hydroxyl groups is 1. The molecule has 1 N–H and O–H groups in total. The van der Waals surface area contributed by atoms with Crippen LogP contribution >= 0.6 is 0 Å². The highest BCUT2D eigenvalue weighted by Gasteiger charge is 2.20. The minimum Gasteiger partial charge on any atom is -0.418 e. The molecule has 0 bridgehead atoms. The van der Waals surface area contributed by atoms with Gasteiger partial charge < -0.3 is 22.4 Å². The second-order valence-electron chi connectivity index (χ2n) is 3.23. The molecule has 0 aliphatic carbocycles. The van der Waals surface area contributed by atoms with E-state index in [1.54, 1.807) is 0 Å². The van der Waals surface area contributed by atoms with Crippen LogP contribution < -0.4 is 0 Å². The van der Waals surface area contributed by atoms with Crippen molar-refractivity contribution in [2.24, 2.45) is 0 Å². The monoisotopic (exact) mass is 230 g/mol. The van der Waals surface area contributed by atoms with E-state index < -0.39 is 7.25 Å². The molecule has 0 rings (SSSR count). The van der Waals surface area contributed by atoms with Crippen molar-refractivity contribution in [1.29, 1.82) is 0 Å². The summed E-state index contributed by atoms with van der Waals surface area (Å²) in [5, 5.41) is 8.34. The summed E-state index contributed by atoms with van der Waals surface area (Å²) >= 11 is 0. The molecule has 15 heavy (non-hydrogen) atoms. The third-order valence-electron chi connectivity index (χ3n) is 1.69. The van der Waals surface area contributed by atoms with Gasteiger partial charge in [-0.1, -0.05) is 45.4 Å². The van der Waals surface area contributed by atoms with Crippen molar-refractivity contribution in [1.82, 2.24) is 0 Å². The Balaban J connectivity index is 0. The van der Waals surface area contributed by atoms with Gasteiger partial charge in [-0.2, -0.15) is 0 Å². The van der Waals surface area contributed by atoms with E-state index in [-0.39, 0.29) is 0 Å². The molecule has 0 aromatic heterocycles. The highest BCUT2D eigenvalue weighted by atomic mass is 19.5. The van der Waals surface area contributed by atoms with E-state index >= 15 is 0 Å². The van der Waals surface area contributed by atoms with Crippen LogP contribution in [0.1, 0.15) is 51.9 Å². The van der Waals surface area contributed by atoms with E-state index in [2.05, 4.69) is 6.92 Å². The molecule has 0 heterocycles. The third kappa shape index (κ3) is 41.7. The average molecular weight is 230 g/mol. The SMILES string of the molecule is CCCCCCCC[CH]O.F[B-](F)(F)F. The Morgan fingerprint density at radius 3 is 1.73 bits per heavy atom. The lowest BCUT2D eigenvalue weighted by atomic mass is 10.1. The van der Waals surface area contributed by atoms with E-state index in [4.69, 9.17) is 5.11 Å². The Kier molecular flexibility index (Phi) is 13.5. The van der Waals surface area contributed by atoms with E-state index in [0.29, 0.717) is 0 Å². The van der Waals surface area contributed by atoms with Crippen LogP contribution in [0.3, 0.4) is 0 Å². The summed E-state index contributed by atoms with van der Waals surface area (Å²) in [5.41, 5.74) is 0. The summed E-state index contributed by atoms with van der Waals surface area (Å²) in [5.74, 6) is 0. The predicted molar refractivity (Wildman–Crippen MR) is 54.4 cm³/mol. The lowest BCUT2D eigenvalue weighted by Gasteiger charge is -1.97. The molecule has 0 saturated heterocycles. The van der Waals surface area contributed by atoms with Crippen molar-refractivity contribution < 1.29 is 22.4 Å². The fourth-order valence-electron chi connectivity index (χ4n) is 1.02. The van der Waals surface area contributed by atoms with Gasteiger partial charge in [0.25, 0.3) is 0 Å². The minimum absolute atomic E-state index is 0.867. The molecule has 0 saturated carbocycles. The van der Waals surface area contributed by atoms with Gasteiger partial charge in [0.2, 0.25) is 0 Å². The molecule has 93 valence electrons. The molecule has 0 aromatic carbocycles. The van der Waals surface area contributed by atoms with Crippen LogP contribution in [0.25, 0.3) is 0 Å². The van der Waals surface area contributed by atoms with Crippen molar-refractivity contribution in [2.75, 3.05) is 0 Å². The lowest BCUT2D eigenvalue weighted by molar-refractivity contribution is 0.366. The highest BCUT2D eigenvalue weighted by molar-refractivity contribution is 6.50. The maximum atomic E-state index is 9.75. The van der Waals surface area contributed by atoms with Crippen molar-refractivity contribution in [3.63, 3.8) is 0 Å². The van der Waals surface area contributed by atoms with E-state index in [1.165, 1.54) is 38.7 Å². The minimum atomic E-state index is -6.00. The normalized spacial score (nSPS) is 10.8. The van der Waals surface area contributed by atoms with Gasteiger partial charge in [0, 0.05) is 0 Å². The molecule has 0 amide bonds. The van der Waals surface area contributed by atoms with E-state index in [9.17, 15) is 17.3 Å². The van der Waals surface area contributed by atoms with E-state index in [1.807, 2.05) is 0 Å². The van der Waals surface area contributed by atoms with Crippen molar-refractivity contribution in [3.05, 3.63) is 6.61 Å². The van der Waals surface area contributed by atoms with Crippen molar-refractivity contribution >= 4 is 7.25 Å². The Labute approximate surface area is 89.0 Å². The number of unbranched alkanes of at least 4 members (excludes halogenated alkanes) is 6. The first-order valence-corrected chi connectivity index (χ1v) is 5.25. The van der Waals surface area contributed by atoms with Crippen molar-refractivity contribution in [3.8, 4) is 0 Å². The van der Waals surface area contributed by atoms with Crippen LogP contribution in [0.15, 0.2) is 0 Å². The number of aliphatic hydroxyl groups excluding tert-OH is 1. The summed E-state index contributed by atoms with van der Waals surface area (Å²) in [6.07, 6.45) is 8.67. The van der Waals surface area contributed by atoms with Gasteiger partial charge in [-0.25, -0.2) is 0 Å². The molecule has 0 spiro atoms. The smallest absolute Gasteiger partial charge is 0.418 e. The quantitative estimate of drug-likeness (QED) is 0.385. The lowest BCUT2D eigenvalue weighted by Crippen LogP contribution is -2.02.